The largest absolute Gasteiger partial charge is 0.229 e. The van der Waals surface area contributed by atoms with Gasteiger partial charge in [-0.25, -0.2) is 8.42 Å². The van der Waals surface area contributed by atoms with Crippen LogP contribution in [0.1, 0.15) is 25.3 Å². The maximum Gasteiger partial charge on any atom is 0.150 e. The van der Waals surface area contributed by atoms with E-state index in [1.807, 2.05) is 24.3 Å². The van der Waals surface area contributed by atoms with Crippen LogP contribution >= 0.6 is 39.1 Å². The average molecular weight is 402 g/mol. The first-order valence-electron chi connectivity index (χ1n) is 6.48. The Hall–Kier alpha value is 0.230. The Bertz CT molecular complexity index is 528. The summed E-state index contributed by atoms with van der Waals surface area (Å²) in [4.78, 5) is 0. The maximum absolute atomic E-state index is 11.6. The fourth-order valence-corrected chi connectivity index (χ4v) is 4.53. The van der Waals surface area contributed by atoms with Gasteiger partial charge in [0, 0.05) is 27.4 Å². The maximum atomic E-state index is 11.6. The number of sulfone groups is 1. The van der Waals surface area contributed by atoms with Crippen molar-refractivity contribution in [3.8, 4) is 0 Å². The van der Waals surface area contributed by atoms with Crippen LogP contribution in [-0.4, -0.2) is 31.7 Å². The third-order valence-corrected chi connectivity index (χ3v) is 7.01. The number of halogens is 3. The van der Waals surface area contributed by atoms with Crippen molar-refractivity contribution in [2.24, 2.45) is 0 Å². The molecule has 0 spiro atoms. The standard InChI is InChI=1S/C14H19BrCl2O2S/c1-2-20(18,19)9-5-8-14(10-16,11-17)12-6-3-4-7-13(12)15/h3-4,6-7H,2,5,8-11H2,1H3. The molecule has 1 aromatic rings. The van der Waals surface area contributed by atoms with Gasteiger partial charge in [-0.05, 0) is 24.5 Å². The second kappa shape index (κ2) is 8.02. The molecular weight excluding hydrogens is 383 g/mol. The highest BCUT2D eigenvalue weighted by molar-refractivity contribution is 9.10. The molecule has 1 rings (SSSR count). The molecule has 6 heteroatoms. The van der Waals surface area contributed by atoms with Gasteiger partial charge in [0.25, 0.3) is 0 Å². The summed E-state index contributed by atoms with van der Waals surface area (Å²) >= 11 is 15.8. The number of rotatable bonds is 8. The molecule has 114 valence electrons. The average Bonchev–Trinajstić information content (AvgIpc) is 2.45. The van der Waals surface area contributed by atoms with Crippen molar-refractivity contribution in [1.82, 2.24) is 0 Å². The van der Waals surface area contributed by atoms with Crippen molar-refractivity contribution >= 4 is 49.0 Å². The van der Waals surface area contributed by atoms with E-state index in [1.54, 1.807) is 6.92 Å². The Kier molecular flexibility index (Phi) is 7.33. The molecule has 2 nitrogen and oxygen atoms in total. The van der Waals surface area contributed by atoms with E-state index in [9.17, 15) is 8.42 Å². The van der Waals surface area contributed by atoms with Crippen LogP contribution in [0.5, 0.6) is 0 Å². The molecule has 0 aromatic heterocycles. The van der Waals surface area contributed by atoms with Crippen LogP contribution in [0.4, 0.5) is 0 Å². The lowest BCUT2D eigenvalue weighted by atomic mass is 9.80. The first-order chi connectivity index (χ1) is 9.40. The molecule has 0 unspecified atom stereocenters. The van der Waals surface area contributed by atoms with E-state index in [1.165, 1.54) is 0 Å². The molecule has 0 N–H and O–H groups in total. The Morgan fingerprint density at radius 2 is 1.80 bits per heavy atom. The zero-order valence-electron chi connectivity index (χ0n) is 11.4. The van der Waals surface area contributed by atoms with E-state index in [-0.39, 0.29) is 11.5 Å². The second-order valence-electron chi connectivity index (χ2n) is 4.87. The first-order valence-corrected chi connectivity index (χ1v) is 10.2. The summed E-state index contributed by atoms with van der Waals surface area (Å²) in [7, 11) is -2.95. The summed E-state index contributed by atoms with van der Waals surface area (Å²) in [6.07, 6.45) is 1.22. The van der Waals surface area contributed by atoms with Crippen molar-refractivity contribution < 1.29 is 8.42 Å². The molecule has 20 heavy (non-hydrogen) atoms. The molecule has 0 saturated carbocycles. The third kappa shape index (κ3) is 4.62. The molecule has 0 aliphatic heterocycles. The lowest BCUT2D eigenvalue weighted by Gasteiger charge is -2.31. The minimum atomic E-state index is -2.95. The molecule has 0 fully saturated rings. The minimum absolute atomic E-state index is 0.177. The van der Waals surface area contributed by atoms with Gasteiger partial charge in [-0.3, -0.25) is 0 Å². The van der Waals surface area contributed by atoms with Crippen LogP contribution < -0.4 is 0 Å². The smallest absolute Gasteiger partial charge is 0.150 e. The van der Waals surface area contributed by atoms with Gasteiger partial charge in [0.05, 0.1) is 5.75 Å². The van der Waals surface area contributed by atoms with Crippen LogP contribution in [0.25, 0.3) is 0 Å². The molecule has 0 radical (unpaired) electrons. The molecule has 0 bridgehead atoms. The summed E-state index contributed by atoms with van der Waals surface area (Å²) in [6, 6.07) is 7.81. The predicted octanol–water partition coefficient (Wildman–Crippen LogP) is 4.38. The zero-order valence-corrected chi connectivity index (χ0v) is 15.3. The fourth-order valence-electron chi connectivity index (χ4n) is 2.11. The first kappa shape index (κ1) is 18.3. The van der Waals surface area contributed by atoms with Gasteiger partial charge in [0.1, 0.15) is 9.84 Å². The van der Waals surface area contributed by atoms with E-state index < -0.39 is 15.3 Å². The summed E-state index contributed by atoms with van der Waals surface area (Å²) < 4.78 is 24.1. The topological polar surface area (TPSA) is 34.1 Å². The van der Waals surface area contributed by atoms with Crippen LogP contribution in [-0.2, 0) is 15.3 Å². The summed E-state index contributed by atoms with van der Waals surface area (Å²) in [5, 5.41) is 0. The van der Waals surface area contributed by atoms with Gasteiger partial charge in [0.15, 0.2) is 0 Å². The zero-order chi connectivity index (χ0) is 15.2. The molecular formula is C14H19BrCl2O2S. The van der Waals surface area contributed by atoms with Crippen LogP contribution in [0, 0.1) is 0 Å². The van der Waals surface area contributed by atoms with Gasteiger partial charge in [-0.1, -0.05) is 41.1 Å². The van der Waals surface area contributed by atoms with E-state index >= 15 is 0 Å². The Balaban J connectivity index is 2.91. The quantitative estimate of drug-likeness (QED) is 0.605. The van der Waals surface area contributed by atoms with Gasteiger partial charge >= 0.3 is 0 Å². The minimum Gasteiger partial charge on any atom is -0.229 e. The number of alkyl halides is 2. The molecule has 0 amide bonds. The van der Waals surface area contributed by atoms with Crippen LogP contribution in [0.15, 0.2) is 28.7 Å². The third-order valence-electron chi connectivity index (χ3n) is 3.51. The molecule has 0 aliphatic rings. The highest BCUT2D eigenvalue weighted by Gasteiger charge is 2.32. The van der Waals surface area contributed by atoms with Crippen LogP contribution in [0.3, 0.4) is 0 Å². The molecule has 1 aromatic carbocycles. The SMILES string of the molecule is CCS(=O)(=O)CCCC(CCl)(CCl)c1ccccc1Br. The van der Waals surface area contributed by atoms with Gasteiger partial charge in [-0.2, -0.15) is 0 Å². The van der Waals surface area contributed by atoms with Crippen molar-refractivity contribution in [3.05, 3.63) is 34.3 Å². The molecule has 0 aliphatic carbocycles. The van der Waals surface area contributed by atoms with Gasteiger partial charge < -0.3 is 0 Å². The molecule has 0 heterocycles. The summed E-state index contributed by atoms with van der Waals surface area (Å²) in [5.41, 5.74) is 0.644. The Morgan fingerprint density at radius 1 is 1.20 bits per heavy atom. The Labute approximate surface area is 139 Å². The van der Waals surface area contributed by atoms with Crippen molar-refractivity contribution in [3.63, 3.8) is 0 Å². The van der Waals surface area contributed by atoms with Crippen molar-refractivity contribution in [1.29, 1.82) is 0 Å². The summed E-state index contributed by atoms with van der Waals surface area (Å²) in [6.45, 7) is 1.67. The monoisotopic (exact) mass is 400 g/mol. The van der Waals surface area contributed by atoms with E-state index in [0.717, 1.165) is 10.0 Å². The molecule has 0 saturated heterocycles. The van der Waals surface area contributed by atoms with E-state index in [2.05, 4.69) is 15.9 Å². The number of benzene rings is 1. The van der Waals surface area contributed by atoms with Gasteiger partial charge in [-0.15, -0.1) is 23.2 Å². The van der Waals surface area contributed by atoms with E-state index in [0.29, 0.717) is 24.6 Å². The fraction of sp³-hybridized carbons (Fsp3) is 0.571. The highest BCUT2D eigenvalue weighted by Crippen LogP contribution is 2.37. The van der Waals surface area contributed by atoms with Crippen molar-refractivity contribution in [2.75, 3.05) is 23.3 Å². The van der Waals surface area contributed by atoms with E-state index in [4.69, 9.17) is 23.2 Å². The normalized spacial score (nSPS) is 12.6. The number of hydrogen-bond acceptors (Lipinski definition) is 2. The summed E-state index contributed by atoms with van der Waals surface area (Å²) in [5.74, 6) is 1.09. The lowest BCUT2D eigenvalue weighted by molar-refractivity contribution is 0.481. The van der Waals surface area contributed by atoms with Gasteiger partial charge in [0.2, 0.25) is 0 Å². The van der Waals surface area contributed by atoms with Crippen molar-refractivity contribution in [2.45, 2.75) is 25.2 Å². The Morgan fingerprint density at radius 3 is 2.30 bits per heavy atom. The number of hydrogen-bond donors (Lipinski definition) is 0. The lowest BCUT2D eigenvalue weighted by Crippen LogP contribution is -2.32. The highest BCUT2D eigenvalue weighted by atomic mass is 79.9. The second-order valence-corrected chi connectivity index (χ2v) is 8.73. The van der Waals surface area contributed by atoms with Crippen LogP contribution in [0.2, 0.25) is 0 Å². The predicted molar refractivity (Wildman–Crippen MR) is 90.8 cm³/mol. The molecule has 0 atom stereocenters.